The second-order valence-corrected chi connectivity index (χ2v) is 5.92. The van der Waals surface area contributed by atoms with Crippen molar-refractivity contribution in [3.8, 4) is 5.75 Å². The van der Waals surface area contributed by atoms with Crippen molar-refractivity contribution in [1.82, 2.24) is 0 Å². The Bertz CT molecular complexity index is 576. The van der Waals surface area contributed by atoms with E-state index in [0.717, 1.165) is 16.9 Å². The van der Waals surface area contributed by atoms with Gasteiger partial charge >= 0.3 is 0 Å². The maximum absolute atomic E-state index is 6.54. The zero-order valence-electron chi connectivity index (χ0n) is 11.9. The molecule has 3 heteroatoms. The molecule has 0 aliphatic carbocycles. The maximum Gasteiger partial charge on any atom is 0.120 e. The fourth-order valence-electron chi connectivity index (χ4n) is 2.07. The van der Waals surface area contributed by atoms with E-state index < -0.39 is 0 Å². The van der Waals surface area contributed by atoms with E-state index in [9.17, 15) is 0 Å². The minimum absolute atomic E-state index is 0.255. The molecule has 106 valence electrons. The Morgan fingerprint density at radius 2 is 1.55 bits per heavy atom. The monoisotopic (exact) mass is 308 g/mol. The number of halogens is 2. The summed E-state index contributed by atoms with van der Waals surface area (Å²) >= 11 is 12.8. The number of benzene rings is 2. The highest BCUT2D eigenvalue weighted by molar-refractivity contribution is 6.33. The first-order chi connectivity index (χ1) is 9.52. The first-order valence-corrected chi connectivity index (χ1v) is 7.41. The summed E-state index contributed by atoms with van der Waals surface area (Å²) in [5.41, 5.74) is 3.24. The Hall–Kier alpha value is -1.18. The SMILES string of the molecule is COc1ccc(C(Cl)c2ccc(C(C)C)cc2)c(Cl)c1. The second kappa shape index (κ2) is 6.51. The summed E-state index contributed by atoms with van der Waals surface area (Å²) in [4.78, 5) is 0. The first-order valence-electron chi connectivity index (χ1n) is 6.60. The van der Waals surface area contributed by atoms with Crippen molar-refractivity contribution in [2.75, 3.05) is 7.11 Å². The zero-order valence-corrected chi connectivity index (χ0v) is 13.4. The molecule has 0 heterocycles. The highest BCUT2D eigenvalue weighted by Crippen LogP contribution is 2.35. The molecule has 0 saturated heterocycles. The van der Waals surface area contributed by atoms with Gasteiger partial charge in [0.1, 0.15) is 5.75 Å². The van der Waals surface area contributed by atoms with Crippen molar-refractivity contribution >= 4 is 23.2 Å². The topological polar surface area (TPSA) is 9.23 Å². The van der Waals surface area contributed by atoms with Crippen LogP contribution in [0, 0.1) is 0 Å². The molecule has 0 amide bonds. The third-order valence-corrected chi connectivity index (χ3v) is 4.19. The van der Waals surface area contributed by atoms with E-state index in [1.54, 1.807) is 13.2 Å². The summed E-state index contributed by atoms with van der Waals surface area (Å²) in [5.74, 6) is 1.25. The minimum atomic E-state index is -0.255. The highest BCUT2D eigenvalue weighted by Gasteiger charge is 2.15. The molecule has 1 nitrogen and oxygen atoms in total. The third-order valence-electron chi connectivity index (χ3n) is 3.38. The van der Waals surface area contributed by atoms with Crippen LogP contribution in [0.3, 0.4) is 0 Å². The molecular weight excluding hydrogens is 291 g/mol. The number of ether oxygens (including phenoxy) is 1. The van der Waals surface area contributed by atoms with Crippen LogP contribution >= 0.6 is 23.2 Å². The van der Waals surface area contributed by atoms with E-state index in [1.165, 1.54) is 5.56 Å². The summed E-state index contributed by atoms with van der Waals surface area (Å²) in [6.07, 6.45) is 0. The predicted octanol–water partition coefficient (Wildman–Crippen LogP) is 5.80. The molecule has 2 rings (SSSR count). The van der Waals surface area contributed by atoms with E-state index in [-0.39, 0.29) is 5.38 Å². The Balaban J connectivity index is 2.28. The predicted molar refractivity (Wildman–Crippen MR) is 86.2 cm³/mol. The van der Waals surface area contributed by atoms with E-state index in [1.807, 2.05) is 12.1 Å². The standard InChI is InChI=1S/C17H18Cl2O/c1-11(2)12-4-6-13(7-5-12)17(19)15-9-8-14(20-3)10-16(15)18/h4-11,17H,1-3H3. The molecule has 0 saturated carbocycles. The van der Waals surface area contributed by atoms with Gasteiger partial charge in [-0.05, 0) is 34.7 Å². The van der Waals surface area contributed by atoms with Crippen LogP contribution in [-0.4, -0.2) is 7.11 Å². The number of methoxy groups -OCH3 is 1. The van der Waals surface area contributed by atoms with Crippen molar-refractivity contribution in [2.24, 2.45) is 0 Å². The normalized spacial score (nSPS) is 12.5. The molecular formula is C17H18Cl2O. The molecule has 0 spiro atoms. The minimum Gasteiger partial charge on any atom is -0.497 e. The Morgan fingerprint density at radius 3 is 2.05 bits per heavy atom. The Kier molecular flexibility index (Phi) is 4.95. The van der Waals surface area contributed by atoms with Gasteiger partial charge in [-0.15, -0.1) is 11.6 Å². The van der Waals surface area contributed by atoms with Crippen molar-refractivity contribution in [2.45, 2.75) is 25.1 Å². The van der Waals surface area contributed by atoms with Crippen LogP contribution in [0.2, 0.25) is 5.02 Å². The van der Waals surface area contributed by atoms with E-state index in [2.05, 4.69) is 38.1 Å². The smallest absolute Gasteiger partial charge is 0.120 e. The lowest BCUT2D eigenvalue weighted by Gasteiger charge is -2.14. The first kappa shape index (κ1) is 15.2. The molecule has 0 aromatic heterocycles. The number of hydrogen-bond acceptors (Lipinski definition) is 1. The molecule has 0 N–H and O–H groups in total. The summed E-state index contributed by atoms with van der Waals surface area (Å²) in [5, 5.41) is 0.368. The van der Waals surface area contributed by atoms with Gasteiger partial charge in [0.25, 0.3) is 0 Å². The third kappa shape index (κ3) is 3.28. The van der Waals surface area contributed by atoms with Crippen LogP contribution < -0.4 is 4.74 Å². The van der Waals surface area contributed by atoms with Gasteiger partial charge in [0.05, 0.1) is 12.5 Å². The van der Waals surface area contributed by atoms with Crippen molar-refractivity contribution in [3.05, 3.63) is 64.2 Å². The van der Waals surface area contributed by atoms with Gasteiger partial charge in [0.2, 0.25) is 0 Å². The Morgan fingerprint density at radius 1 is 0.950 bits per heavy atom. The zero-order chi connectivity index (χ0) is 14.7. The van der Waals surface area contributed by atoms with E-state index in [0.29, 0.717) is 10.9 Å². The maximum atomic E-state index is 6.54. The van der Waals surface area contributed by atoms with Crippen LogP contribution in [0.5, 0.6) is 5.75 Å². The fourth-order valence-corrected chi connectivity index (χ4v) is 2.74. The summed E-state index contributed by atoms with van der Waals surface area (Å²) in [6.45, 7) is 4.35. The number of alkyl halides is 1. The molecule has 0 bridgehead atoms. The number of rotatable bonds is 4. The molecule has 20 heavy (non-hydrogen) atoms. The van der Waals surface area contributed by atoms with Crippen molar-refractivity contribution in [3.63, 3.8) is 0 Å². The van der Waals surface area contributed by atoms with Gasteiger partial charge in [-0.3, -0.25) is 0 Å². The van der Waals surface area contributed by atoms with Gasteiger partial charge in [0, 0.05) is 5.02 Å². The van der Waals surface area contributed by atoms with Crippen LogP contribution in [0.4, 0.5) is 0 Å². The summed E-state index contributed by atoms with van der Waals surface area (Å²) in [7, 11) is 1.62. The van der Waals surface area contributed by atoms with Crippen LogP contribution in [0.25, 0.3) is 0 Å². The quantitative estimate of drug-likeness (QED) is 0.648. The van der Waals surface area contributed by atoms with Crippen molar-refractivity contribution in [1.29, 1.82) is 0 Å². The fraction of sp³-hybridized carbons (Fsp3) is 0.294. The van der Waals surface area contributed by atoms with Gasteiger partial charge in [-0.2, -0.15) is 0 Å². The molecule has 2 aromatic rings. The van der Waals surface area contributed by atoms with E-state index in [4.69, 9.17) is 27.9 Å². The molecule has 1 atom stereocenters. The molecule has 2 aromatic carbocycles. The van der Waals surface area contributed by atoms with Gasteiger partial charge in [-0.25, -0.2) is 0 Å². The molecule has 1 unspecified atom stereocenters. The molecule has 0 radical (unpaired) electrons. The van der Waals surface area contributed by atoms with Crippen molar-refractivity contribution < 1.29 is 4.74 Å². The Labute approximate surface area is 130 Å². The molecule has 0 fully saturated rings. The lowest BCUT2D eigenvalue weighted by Crippen LogP contribution is -1.96. The van der Waals surface area contributed by atoms with Gasteiger partial charge in [0.15, 0.2) is 0 Å². The molecule has 0 aliphatic heterocycles. The van der Waals surface area contributed by atoms with E-state index >= 15 is 0 Å². The second-order valence-electron chi connectivity index (χ2n) is 5.07. The largest absolute Gasteiger partial charge is 0.497 e. The average molecular weight is 309 g/mol. The van der Waals surface area contributed by atoms with Gasteiger partial charge < -0.3 is 4.74 Å². The summed E-state index contributed by atoms with van der Waals surface area (Å²) in [6, 6.07) is 13.9. The lowest BCUT2D eigenvalue weighted by molar-refractivity contribution is 0.414. The highest BCUT2D eigenvalue weighted by atomic mass is 35.5. The molecule has 0 aliphatic rings. The van der Waals surface area contributed by atoms with Gasteiger partial charge in [-0.1, -0.05) is 55.8 Å². The van der Waals surface area contributed by atoms with Crippen LogP contribution in [0.1, 0.15) is 41.8 Å². The number of hydrogen-bond donors (Lipinski definition) is 0. The average Bonchev–Trinajstić information content (AvgIpc) is 2.46. The lowest BCUT2D eigenvalue weighted by atomic mass is 9.98. The summed E-state index contributed by atoms with van der Waals surface area (Å²) < 4.78 is 5.15. The van der Waals surface area contributed by atoms with Crippen LogP contribution in [0.15, 0.2) is 42.5 Å². The van der Waals surface area contributed by atoms with Crippen LogP contribution in [-0.2, 0) is 0 Å².